The zero-order chi connectivity index (χ0) is 13.6. The lowest BCUT2D eigenvalue weighted by atomic mass is 10.3. The van der Waals surface area contributed by atoms with Crippen LogP contribution in [-0.4, -0.2) is 19.1 Å². The molecule has 0 heterocycles. The van der Waals surface area contributed by atoms with E-state index in [0.717, 1.165) is 12.8 Å². The van der Waals surface area contributed by atoms with Gasteiger partial charge in [0.15, 0.2) is 0 Å². The van der Waals surface area contributed by atoms with Gasteiger partial charge in [-0.05, 0) is 18.6 Å². The van der Waals surface area contributed by atoms with Crippen LogP contribution in [-0.2, 0) is 10.1 Å². The van der Waals surface area contributed by atoms with Crippen LogP contribution in [0.1, 0.15) is 26.2 Å². The van der Waals surface area contributed by atoms with Crippen LogP contribution in [0, 0.1) is 10.1 Å². The summed E-state index contributed by atoms with van der Waals surface area (Å²) in [5, 5.41) is 10.4. The second-order valence-corrected chi connectivity index (χ2v) is 5.49. The third-order valence-electron chi connectivity index (χ3n) is 2.27. The number of hydrogen-bond acceptors (Lipinski definition) is 5. The van der Waals surface area contributed by atoms with Crippen molar-refractivity contribution in [1.82, 2.24) is 0 Å². The smallest absolute Gasteiger partial charge is 0.309 e. The molecule has 0 aliphatic heterocycles. The van der Waals surface area contributed by atoms with Crippen LogP contribution in [0.2, 0.25) is 0 Å². The van der Waals surface area contributed by atoms with Crippen molar-refractivity contribution in [2.24, 2.45) is 0 Å². The molecule has 0 saturated carbocycles. The quantitative estimate of drug-likeness (QED) is 0.329. The van der Waals surface area contributed by atoms with Gasteiger partial charge < -0.3 is 4.18 Å². The summed E-state index contributed by atoms with van der Waals surface area (Å²) in [6.07, 6.45) is 2.29. The maximum atomic E-state index is 11.5. The van der Waals surface area contributed by atoms with E-state index in [2.05, 4.69) is 0 Å². The Kier molecular flexibility index (Phi) is 5.08. The first-order chi connectivity index (χ1) is 8.44. The van der Waals surface area contributed by atoms with Crippen molar-refractivity contribution >= 4 is 15.8 Å². The molecule has 0 amide bonds. The highest BCUT2D eigenvalue weighted by molar-refractivity contribution is 7.87. The number of hydrogen-bond donors (Lipinski definition) is 0. The Bertz CT molecular complexity index is 495. The van der Waals surface area contributed by atoms with E-state index in [9.17, 15) is 18.5 Å². The van der Waals surface area contributed by atoms with Crippen LogP contribution < -0.4 is 4.18 Å². The predicted molar refractivity (Wildman–Crippen MR) is 67.0 cm³/mol. The Labute approximate surface area is 106 Å². The second-order valence-electron chi connectivity index (χ2n) is 3.80. The Balaban J connectivity index is 2.63. The normalized spacial score (nSPS) is 11.2. The maximum absolute atomic E-state index is 11.5. The van der Waals surface area contributed by atoms with Gasteiger partial charge in [0.25, 0.3) is 5.69 Å². The van der Waals surface area contributed by atoms with Gasteiger partial charge in [-0.2, -0.15) is 8.42 Å². The minimum absolute atomic E-state index is 0.0438. The van der Waals surface area contributed by atoms with E-state index in [1.807, 2.05) is 6.92 Å². The molecule has 6 nitrogen and oxygen atoms in total. The molecule has 0 fully saturated rings. The summed E-state index contributed by atoms with van der Waals surface area (Å²) < 4.78 is 27.9. The minimum atomic E-state index is -3.61. The van der Waals surface area contributed by atoms with Crippen LogP contribution in [0.5, 0.6) is 5.75 Å². The molecule has 1 rings (SSSR count). The fraction of sp³-hybridized carbons (Fsp3) is 0.455. The highest BCUT2D eigenvalue weighted by atomic mass is 32.2. The molecule has 18 heavy (non-hydrogen) atoms. The van der Waals surface area contributed by atoms with Gasteiger partial charge in [-0.1, -0.05) is 19.8 Å². The molecule has 0 aliphatic rings. The number of benzene rings is 1. The predicted octanol–water partition coefficient (Wildman–Crippen LogP) is 2.49. The summed E-state index contributed by atoms with van der Waals surface area (Å²) in [5.74, 6) is 0.0507. The lowest BCUT2D eigenvalue weighted by molar-refractivity contribution is -0.384. The van der Waals surface area contributed by atoms with E-state index in [1.54, 1.807) is 0 Å². The monoisotopic (exact) mass is 273 g/mol. The zero-order valence-corrected chi connectivity index (χ0v) is 10.9. The van der Waals surface area contributed by atoms with Crippen molar-refractivity contribution in [2.75, 3.05) is 5.75 Å². The third-order valence-corrected chi connectivity index (χ3v) is 3.50. The van der Waals surface area contributed by atoms with Crippen LogP contribution in [0.4, 0.5) is 5.69 Å². The Morgan fingerprint density at radius 2 is 1.83 bits per heavy atom. The van der Waals surface area contributed by atoms with E-state index < -0.39 is 15.0 Å². The fourth-order valence-electron chi connectivity index (χ4n) is 1.34. The Morgan fingerprint density at radius 3 is 2.33 bits per heavy atom. The van der Waals surface area contributed by atoms with Crippen molar-refractivity contribution in [3.05, 3.63) is 34.4 Å². The Hall–Kier alpha value is -1.63. The van der Waals surface area contributed by atoms with Gasteiger partial charge in [-0.15, -0.1) is 0 Å². The fourth-order valence-corrected chi connectivity index (χ4v) is 2.39. The number of non-ortho nitro benzene ring substituents is 1. The summed E-state index contributed by atoms with van der Waals surface area (Å²) in [5.41, 5.74) is -0.106. The highest BCUT2D eigenvalue weighted by Crippen LogP contribution is 2.19. The van der Waals surface area contributed by atoms with Gasteiger partial charge in [-0.25, -0.2) is 0 Å². The van der Waals surface area contributed by atoms with Gasteiger partial charge in [-0.3, -0.25) is 10.1 Å². The number of rotatable bonds is 7. The van der Waals surface area contributed by atoms with Crippen molar-refractivity contribution in [2.45, 2.75) is 26.2 Å². The van der Waals surface area contributed by atoms with Gasteiger partial charge >= 0.3 is 10.1 Å². The molecule has 0 atom stereocenters. The summed E-state index contributed by atoms with van der Waals surface area (Å²) in [7, 11) is -3.61. The molecule has 7 heteroatoms. The molecular weight excluding hydrogens is 258 g/mol. The van der Waals surface area contributed by atoms with Crippen molar-refractivity contribution in [3.63, 3.8) is 0 Å². The molecule has 1 aromatic carbocycles. The maximum Gasteiger partial charge on any atom is 0.309 e. The average molecular weight is 273 g/mol. The number of nitro groups is 1. The minimum Gasteiger partial charge on any atom is -0.382 e. The van der Waals surface area contributed by atoms with E-state index in [0.29, 0.717) is 6.42 Å². The third kappa shape index (κ3) is 4.70. The summed E-state index contributed by atoms with van der Waals surface area (Å²) in [6, 6.07) is 4.96. The molecule has 0 unspecified atom stereocenters. The Morgan fingerprint density at radius 1 is 1.22 bits per heavy atom. The lowest BCUT2D eigenvalue weighted by Crippen LogP contribution is -2.13. The lowest BCUT2D eigenvalue weighted by Gasteiger charge is -2.06. The zero-order valence-electron chi connectivity index (χ0n) is 10.0. The number of unbranched alkanes of at least 4 members (excludes halogenated alkanes) is 2. The van der Waals surface area contributed by atoms with Crippen LogP contribution in [0.25, 0.3) is 0 Å². The van der Waals surface area contributed by atoms with Crippen LogP contribution in [0.3, 0.4) is 0 Å². The van der Waals surface area contributed by atoms with Gasteiger partial charge in [0.05, 0.1) is 10.7 Å². The molecule has 0 saturated heterocycles. The highest BCUT2D eigenvalue weighted by Gasteiger charge is 2.13. The molecule has 0 bridgehead atoms. The molecular formula is C11H15NO5S. The van der Waals surface area contributed by atoms with E-state index >= 15 is 0 Å². The number of nitrogens with zero attached hydrogens (tertiary/aromatic N) is 1. The molecule has 1 aromatic rings. The van der Waals surface area contributed by atoms with Crippen LogP contribution in [0.15, 0.2) is 24.3 Å². The molecule has 0 aliphatic carbocycles. The summed E-state index contributed by atoms with van der Waals surface area (Å²) in [6.45, 7) is 1.98. The summed E-state index contributed by atoms with van der Waals surface area (Å²) >= 11 is 0. The molecule has 0 spiro atoms. The van der Waals surface area contributed by atoms with E-state index in [4.69, 9.17) is 4.18 Å². The van der Waals surface area contributed by atoms with Gasteiger partial charge in [0.1, 0.15) is 5.75 Å². The number of nitro benzene ring substituents is 1. The van der Waals surface area contributed by atoms with Crippen LogP contribution >= 0.6 is 0 Å². The molecule has 0 radical (unpaired) electrons. The first kappa shape index (κ1) is 14.4. The molecule has 100 valence electrons. The average Bonchev–Trinajstić information content (AvgIpc) is 2.29. The van der Waals surface area contributed by atoms with Gasteiger partial charge in [0, 0.05) is 12.1 Å². The van der Waals surface area contributed by atoms with Crippen molar-refractivity contribution in [1.29, 1.82) is 0 Å². The second kappa shape index (κ2) is 6.34. The van der Waals surface area contributed by atoms with E-state index in [-0.39, 0.29) is 17.2 Å². The SMILES string of the molecule is CCCCCS(=O)(=O)Oc1ccc([N+](=O)[O-])cc1. The van der Waals surface area contributed by atoms with Gasteiger partial charge in [0.2, 0.25) is 0 Å². The molecule has 0 N–H and O–H groups in total. The largest absolute Gasteiger partial charge is 0.382 e. The standard InChI is InChI=1S/C11H15NO5S/c1-2-3-4-9-18(15,16)17-11-7-5-10(6-8-11)12(13)14/h5-8H,2-4,9H2,1H3. The van der Waals surface area contributed by atoms with Crippen molar-refractivity contribution in [3.8, 4) is 5.75 Å². The van der Waals surface area contributed by atoms with E-state index in [1.165, 1.54) is 24.3 Å². The topological polar surface area (TPSA) is 86.5 Å². The van der Waals surface area contributed by atoms with Crippen molar-refractivity contribution < 1.29 is 17.5 Å². The first-order valence-corrected chi connectivity index (χ1v) is 7.19. The first-order valence-electron chi connectivity index (χ1n) is 5.61. The summed E-state index contributed by atoms with van der Waals surface area (Å²) in [4.78, 5) is 9.86. The molecule has 0 aromatic heterocycles.